The van der Waals surface area contributed by atoms with Crippen molar-refractivity contribution >= 4 is 22.4 Å². The van der Waals surface area contributed by atoms with Gasteiger partial charge in [0, 0.05) is 12.4 Å². The number of nitrogens with one attached hydrogen (secondary N) is 1. The summed E-state index contributed by atoms with van der Waals surface area (Å²) in [4.78, 5) is 15.2. The Hall–Kier alpha value is -2.37. The van der Waals surface area contributed by atoms with Gasteiger partial charge in [-0.05, 0) is 23.6 Å². The molecular formula is C14H17N3O3. The van der Waals surface area contributed by atoms with Gasteiger partial charge in [0.1, 0.15) is 11.6 Å². The van der Waals surface area contributed by atoms with Crippen LogP contribution in [0.25, 0.3) is 10.9 Å². The zero-order valence-corrected chi connectivity index (χ0v) is 11.9. The van der Waals surface area contributed by atoms with Crippen LogP contribution in [0, 0.1) is 10.1 Å². The summed E-state index contributed by atoms with van der Waals surface area (Å²) in [6.45, 7) is 4.11. The zero-order valence-electron chi connectivity index (χ0n) is 11.9. The quantitative estimate of drug-likeness (QED) is 0.684. The Balaban J connectivity index is 2.83. The van der Waals surface area contributed by atoms with E-state index in [4.69, 9.17) is 4.74 Å². The molecule has 0 radical (unpaired) electrons. The largest absolute Gasteiger partial charge is 0.496 e. The Morgan fingerprint density at radius 3 is 2.55 bits per heavy atom. The second-order valence-electron chi connectivity index (χ2n) is 4.81. The number of methoxy groups -OCH3 is 1. The maximum absolute atomic E-state index is 11.2. The Labute approximate surface area is 116 Å². The van der Waals surface area contributed by atoms with Crippen molar-refractivity contribution in [3.8, 4) is 5.75 Å². The average Bonchev–Trinajstić information content (AvgIpc) is 2.44. The number of nitro benzene ring substituents is 1. The maximum Gasteiger partial charge on any atom is 0.299 e. The lowest BCUT2D eigenvalue weighted by atomic mass is 10.0. The highest BCUT2D eigenvalue weighted by Crippen LogP contribution is 2.34. The normalized spacial score (nSPS) is 10.8. The predicted octanol–water partition coefficient (Wildman–Crippen LogP) is 3.32. The minimum atomic E-state index is -0.438. The monoisotopic (exact) mass is 275 g/mol. The van der Waals surface area contributed by atoms with Crippen LogP contribution in [0.4, 0.5) is 11.5 Å². The van der Waals surface area contributed by atoms with Gasteiger partial charge in [-0.1, -0.05) is 13.8 Å². The van der Waals surface area contributed by atoms with Crippen LogP contribution in [-0.2, 0) is 0 Å². The summed E-state index contributed by atoms with van der Waals surface area (Å²) in [6, 6.07) is 5.08. The summed E-state index contributed by atoms with van der Waals surface area (Å²) < 4.78 is 5.12. The van der Waals surface area contributed by atoms with E-state index in [9.17, 15) is 10.1 Å². The minimum Gasteiger partial charge on any atom is -0.496 e. The lowest BCUT2D eigenvalue weighted by Crippen LogP contribution is -2.02. The first-order valence-corrected chi connectivity index (χ1v) is 6.32. The van der Waals surface area contributed by atoms with Crippen molar-refractivity contribution in [2.75, 3.05) is 19.5 Å². The number of hydrogen-bond acceptors (Lipinski definition) is 5. The Morgan fingerprint density at radius 2 is 2.05 bits per heavy atom. The van der Waals surface area contributed by atoms with Gasteiger partial charge in [-0.15, -0.1) is 0 Å². The van der Waals surface area contributed by atoms with E-state index in [1.165, 1.54) is 13.2 Å². The van der Waals surface area contributed by atoms with E-state index in [1.54, 1.807) is 13.1 Å². The van der Waals surface area contributed by atoms with Crippen LogP contribution >= 0.6 is 0 Å². The van der Waals surface area contributed by atoms with Crippen LogP contribution in [-0.4, -0.2) is 24.1 Å². The fourth-order valence-electron chi connectivity index (χ4n) is 2.16. The van der Waals surface area contributed by atoms with E-state index < -0.39 is 4.92 Å². The number of aromatic nitrogens is 1. The molecule has 0 saturated carbocycles. The minimum absolute atomic E-state index is 0.0499. The molecular weight excluding hydrogens is 258 g/mol. The number of benzene rings is 1. The van der Waals surface area contributed by atoms with E-state index in [0.717, 1.165) is 5.56 Å². The smallest absolute Gasteiger partial charge is 0.299 e. The molecule has 2 aromatic rings. The molecule has 0 atom stereocenters. The maximum atomic E-state index is 11.2. The third kappa shape index (κ3) is 2.36. The molecule has 1 aromatic carbocycles. The highest BCUT2D eigenvalue weighted by Gasteiger charge is 2.19. The molecule has 106 valence electrons. The van der Waals surface area contributed by atoms with E-state index in [1.807, 2.05) is 6.07 Å². The standard InChI is InChI=1S/C14H17N3O3/c1-8(2)11-6-9-5-10(20-4)7-12(17(18)19)13(9)16-14(11)15-3/h5-8H,1-4H3,(H,15,16). The van der Waals surface area contributed by atoms with Crippen molar-refractivity contribution < 1.29 is 9.66 Å². The topological polar surface area (TPSA) is 77.3 Å². The van der Waals surface area contributed by atoms with E-state index in [-0.39, 0.29) is 11.6 Å². The van der Waals surface area contributed by atoms with Gasteiger partial charge in [0.15, 0.2) is 5.52 Å². The first-order valence-electron chi connectivity index (χ1n) is 6.32. The van der Waals surface area contributed by atoms with Gasteiger partial charge in [-0.25, -0.2) is 4.98 Å². The molecule has 0 fully saturated rings. The lowest BCUT2D eigenvalue weighted by Gasteiger charge is -2.13. The molecule has 6 nitrogen and oxygen atoms in total. The molecule has 0 amide bonds. The van der Waals surface area contributed by atoms with Gasteiger partial charge in [-0.3, -0.25) is 10.1 Å². The summed E-state index contributed by atoms with van der Waals surface area (Å²) in [7, 11) is 3.25. The van der Waals surface area contributed by atoms with Crippen molar-refractivity contribution in [2.24, 2.45) is 0 Å². The van der Waals surface area contributed by atoms with Crippen LogP contribution in [0.2, 0.25) is 0 Å². The van der Waals surface area contributed by atoms with E-state index in [2.05, 4.69) is 24.1 Å². The predicted molar refractivity (Wildman–Crippen MR) is 78.6 cm³/mol. The number of nitro groups is 1. The lowest BCUT2D eigenvalue weighted by molar-refractivity contribution is -0.383. The van der Waals surface area contributed by atoms with E-state index in [0.29, 0.717) is 22.5 Å². The molecule has 2 rings (SSSR count). The molecule has 0 aliphatic rings. The number of anilines is 1. The number of nitrogens with zero attached hydrogens (tertiary/aromatic N) is 2. The fourth-order valence-corrected chi connectivity index (χ4v) is 2.16. The number of rotatable bonds is 4. The number of non-ortho nitro benzene ring substituents is 1. The molecule has 20 heavy (non-hydrogen) atoms. The molecule has 1 aromatic heterocycles. The Bertz CT molecular complexity index is 668. The van der Waals surface area contributed by atoms with Crippen LogP contribution in [0.3, 0.4) is 0 Å². The molecule has 0 aliphatic carbocycles. The molecule has 6 heteroatoms. The Kier molecular flexibility index (Phi) is 3.74. The van der Waals surface area contributed by atoms with Crippen LogP contribution in [0.15, 0.2) is 18.2 Å². The van der Waals surface area contributed by atoms with Crippen molar-refractivity contribution in [2.45, 2.75) is 19.8 Å². The third-order valence-electron chi connectivity index (χ3n) is 3.19. The van der Waals surface area contributed by atoms with Gasteiger partial charge >= 0.3 is 0 Å². The summed E-state index contributed by atoms with van der Waals surface area (Å²) >= 11 is 0. The second kappa shape index (κ2) is 5.32. The van der Waals surface area contributed by atoms with Crippen LogP contribution in [0.5, 0.6) is 5.75 Å². The SMILES string of the molecule is CNc1nc2c([N+](=O)[O-])cc(OC)cc2cc1C(C)C. The molecule has 1 N–H and O–H groups in total. The van der Waals surface area contributed by atoms with Gasteiger partial charge < -0.3 is 10.1 Å². The second-order valence-corrected chi connectivity index (χ2v) is 4.81. The fraction of sp³-hybridized carbons (Fsp3) is 0.357. The average molecular weight is 275 g/mol. The van der Waals surface area contributed by atoms with Crippen molar-refractivity contribution in [1.29, 1.82) is 0 Å². The van der Waals surface area contributed by atoms with Gasteiger partial charge in [0.25, 0.3) is 5.69 Å². The Morgan fingerprint density at radius 1 is 1.35 bits per heavy atom. The first kappa shape index (κ1) is 14.0. The number of hydrogen-bond donors (Lipinski definition) is 1. The van der Waals surface area contributed by atoms with Crippen LogP contribution in [0.1, 0.15) is 25.3 Å². The van der Waals surface area contributed by atoms with Gasteiger partial charge in [-0.2, -0.15) is 0 Å². The number of ether oxygens (including phenoxy) is 1. The van der Waals surface area contributed by atoms with Crippen molar-refractivity contribution in [3.05, 3.63) is 33.9 Å². The molecule has 0 saturated heterocycles. The van der Waals surface area contributed by atoms with E-state index >= 15 is 0 Å². The third-order valence-corrected chi connectivity index (χ3v) is 3.19. The molecule has 1 heterocycles. The summed E-state index contributed by atoms with van der Waals surface area (Å²) in [5.41, 5.74) is 1.33. The van der Waals surface area contributed by atoms with Gasteiger partial charge in [0.2, 0.25) is 0 Å². The first-order chi connectivity index (χ1) is 9.47. The van der Waals surface area contributed by atoms with Crippen molar-refractivity contribution in [3.63, 3.8) is 0 Å². The summed E-state index contributed by atoms with van der Waals surface area (Å²) in [5.74, 6) is 1.39. The van der Waals surface area contributed by atoms with Crippen molar-refractivity contribution in [1.82, 2.24) is 4.98 Å². The number of pyridine rings is 1. The number of fused-ring (bicyclic) bond motifs is 1. The highest BCUT2D eigenvalue weighted by atomic mass is 16.6. The summed E-state index contributed by atoms with van der Waals surface area (Å²) in [5, 5.41) is 14.9. The molecule has 0 spiro atoms. The highest BCUT2D eigenvalue weighted by molar-refractivity contribution is 5.91. The van der Waals surface area contributed by atoms with Crippen LogP contribution < -0.4 is 10.1 Å². The zero-order chi connectivity index (χ0) is 14.9. The molecule has 0 unspecified atom stereocenters. The molecule has 0 aliphatic heterocycles. The van der Waals surface area contributed by atoms with Gasteiger partial charge in [0.05, 0.1) is 18.1 Å². The summed E-state index contributed by atoms with van der Waals surface area (Å²) in [6.07, 6.45) is 0. The molecule has 0 bridgehead atoms.